The zero-order chi connectivity index (χ0) is 24.2. The largest absolute Gasteiger partial charge is 0.760 e. The average molecular weight is 486 g/mol. The number of rotatable bonds is 9. The SMILES string of the molecule is CCOc1cccc(-c2nc3[nH]c(=O)c(CNS(=O)[O-])nc3n2-c2c(OC)cccc2OC)n1. The van der Waals surface area contributed by atoms with Gasteiger partial charge < -0.3 is 23.7 Å². The minimum atomic E-state index is -2.57. The first kappa shape index (κ1) is 23.4. The van der Waals surface area contributed by atoms with Gasteiger partial charge in [-0.15, -0.1) is 0 Å². The van der Waals surface area contributed by atoms with Crippen LogP contribution in [0.5, 0.6) is 17.4 Å². The molecule has 12 nitrogen and oxygen atoms in total. The predicted molar refractivity (Wildman–Crippen MR) is 123 cm³/mol. The quantitative estimate of drug-likeness (QED) is 0.335. The summed E-state index contributed by atoms with van der Waals surface area (Å²) in [5, 5.41) is 0. The Morgan fingerprint density at radius 2 is 1.79 bits per heavy atom. The Morgan fingerprint density at radius 3 is 2.44 bits per heavy atom. The minimum Gasteiger partial charge on any atom is -0.760 e. The highest BCUT2D eigenvalue weighted by Crippen LogP contribution is 2.37. The second kappa shape index (κ2) is 9.99. The number of hydrogen-bond donors (Lipinski definition) is 2. The lowest BCUT2D eigenvalue weighted by atomic mass is 10.2. The van der Waals surface area contributed by atoms with Crippen LogP contribution < -0.4 is 24.5 Å². The van der Waals surface area contributed by atoms with Gasteiger partial charge in [-0.05, 0) is 25.1 Å². The number of ether oxygens (including phenoxy) is 3. The molecule has 3 aromatic heterocycles. The van der Waals surface area contributed by atoms with Gasteiger partial charge in [-0.2, -0.15) is 0 Å². The molecule has 0 spiro atoms. The van der Waals surface area contributed by atoms with E-state index in [-0.39, 0.29) is 23.5 Å². The van der Waals surface area contributed by atoms with Crippen molar-refractivity contribution in [2.45, 2.75) is 13.5 Å². The summed E-state index contributed by atoms with van der Waals surface area (Å²) in [5.74, 6) is 1.64. The van der Waals surface area contributed by atoms with E-state index >= 15 is 0 Å². The van der Waals surface area contributed by atoms with Gasteiger partial charge in [-0.3, -0.25) is 13.6 Å². The number of nitrogens with one attached hydrogen (secondary N) is 2. The van der Waals surface area contributed by atoms with Gasteiger partial charge in [-0.25, -0.2) is 19.7 Å². The highest BCUT2D eigenvalue weighted by Gasteiger charge is 2.24. The lowest BCUT2D eigenvalue weighted by Gasteiger charge is -2.16. The van der Waals surface area contributed by atoms with E-state index < -0.39 is 16.8 Å². The zero-order valence-electron chi connectivity index (χ0n) is 18.5. The van der Waals surface area contributed by atoms with E-state index in [1.54, 1.807) is 41.0 Å². The van der Waals surface area contributed by atoms with Crippen molar-refractivity contribution in [3.05, 3.63) is 52.4 Å². The van der Waals surface area contributed by atoms with E-state index in [9.17, 15) is 13.6 Å². The molecule has 0 saturated heterocycles. The number of benzene rings is 1. The van der Waals surface area contributed by atoms with Crippen LogP contribution in [-0.2, 0) is 17.8 Å². The molecule has 0 fully saturated rings. The molecule has 1 aromatic carbocycles. The van der Waals surface area contributed by atoms with Crippen LogP contribution in [-0.4, -0.2) is 54.1 Å². The third-order valence-electron chi connectivity index (χ3n) is 4.82. The molecule has 34 heavy (non-hydrogen) atoms. The number of nitrogens with zero attached hydrogens (tertiary/aromatic N) is 4. The summed E-state index contributed by atoms with van der Waals surface area (Å²) in [6, 6.07) is 10.5. The van der Waals surface area contributed by atoms with Gasteiger partial charge in [0.05, 0.1) is 27.4 Å². The lowest BCUT2D eigenvalue weighted by molar-refractivity contribution is 0.327. The second-order valence-electron chi connectivity index (χ2n) is 6.82. The topological polar surface area (TPSA) is 156 Å². The second-order valence-corrected chi connectivity index (χ2v) is 7.57. The first-order valence-electron chi connectivity index (χ1n) is 10.1. The first-order chi connectivity index (χ1) is 16.5. The first-order valence-corrected chi connectivity index (χ1v) is 11.2. The maximum absolute atomic E-state index is 12.5. The monoisotopic (exact) mass is 485 g/mol. The van der Waals surface area contributed by atoms with Crippen molar-refractivity contribution < 1.29 is 23.0 Å². The molecular weight excluding hydrogens is 464 g/mol. The number of methoxy groups -OCH3 is 2. The van der Waals surface area contributed by atoms with Crippen molar-refractivity contribution in [2.24, 2.45) is 0 Å². The van der Waals surface area contributed by atoms with Gasteiger partial charge in [0.1, 0.15) is 28.6 Å². The molecule has 0 aliphatic rings. The smallest absolute Gasteiger partial charge is 0.272 e. The molecular formula is C21H21N6O6S-. The number of hydrogen-bond acceptors (Lipinski definition) is 9. The van der Waals surface area contributed by atoms with Crippen LogP contribution in [0.25, 0.3) is 28.5 Å². The van der Waals surface area contributed by atoms with Crippen LogP contribution in [0.1, 0.15) is 12.6 Å². The predicted octanol–water partition coefficient (Wildman–Crippen LogP) is 1.47. The van der Waals surface area contributed by atoms with Gasteiger partial charge in [0.2, 0.25) is 5.88 Å². The minimum absolute atomic E-state index is 0.0470. The van der Waals surface area contributed by atoms with E-state index in [1.165, 1.54) is 14.2 Å². The van der Waals surface area contributed by atoms with Gasteiger partial charge in [0, 0.05) is 17.3 Å². The molecule has 0 aliphatic heterocycles. The van der Waals surface area contributed by atoms with Crippen molar-refractivity contribution in [2.75, 3.05) is 20.8 Å². The molecule has 0 radical (unpaired) electrons. The third-order valence-corrected chi connectivity index (χ3v) is 5.20. The van der Waals surface area contributed by atoms with Crippen LogP contribution >= 0.6 is 0 Å². The maximum atomic E-state index is 12.5. The molecule has 3 heterocycles. The maximum Gasteiger partial charge on any atom is 0.272 e. The van der Waals surface area contributed by atoms with E-state index in [4.69, 9.17) is 14.2 Å². The summed E-state index contributed by atoms with van der Waals surface area (Å²) in [4.78, 5) is 28.7. The Bertz CT molecular complexity index is 1400. The summed E-state index contributed by atoms with van der Waals surface area (Å²) >= 11 is -2.57. The number of imidazole rings is 1. The van der Waals surface area contributed by atoms with E-state index in [0.29, 0.717) is 41.2 Å². The molecule has 4 aromatic rings. The Morgan fingerprint density at radius 1 is 1.09 bits per heavy atom. The molecule has 1 atom stereocenters. The summed E-state index contributed by atoms with van der Waals surface area (Å²) in [6.07, 6.45) is 0. The van der Waals surface area contributed by atoms with Crippen LogP contribution in [0.15, 0.2) is 41.2 Å². The van der Waals surface area contributed by atoms with E-state index in [2.05, 4.69) is 24.7 Å². The number of pyridine rings is 1. The molecule has 178 valence electrons. The number of para-hydroxylation sites is 1. The molecule has 0 bridgehead atoms. The van der Waals surface area contributed by atoms with Crippen molar-refractivity contribution in [3.63, 3.8) is 0 Å². The summed E-state index contributed by atoms with van der Waals surface area (Å²) in [7, 11) is 3.03. The Balaban J connectivity index is 2.06. The van der Waals surface area contributed by atoms with Gasteiger partial charge in [0.25, 0.3) is 5.56 Å². The lowest BCUT2D eigenvalue weighted by Crippen LogP contribution is -2.24. The fourth-order valence-electron chi connectivity index (χ4n) is 3.41. The number of H-pyrrole nitrogens is 1. The van der Waals surface area contributed by atoms with Crippen LogP contribution in [0.3, 0.4) is 0 Å². The fourth-order valence-corrected chi connectivity index (χ4v) is 3.66. The van der Waals surface area contributed by atoms with Gasteiger partial charge >= 0.3 is 0 Å². The Hall–Kier alpha value is -3.81. The number of fused-ring (bicyclic) bond motifs is 1. The molecule has 0 aliphatic carbocycles. The van der Waals surface area contributed by atoms with Crippen molar-refractivity contribution >= 4 is 22.6 Å². The summed E-state index contributed by atoms with van der Waals surface area (Å²) < 4.78 is 42.4. The van der Waals surface area contributed by atoms with Crippen LogP contribution in [0, 0.1) is 0 Å². The number of aromatic nitrogens is 5. The fraction of sp³-hybridized carbons (Fsp3) is 0.238. The summed E-state index contributed by atoms with van der Waals surface area (Å²) in [6.45, 7) is 1.98. The van der Waals surface area contributed by atoms with E-state index in [0.717, 1.165) is 0 Å². The molecule has 4 rings (SSSR count). The standard InChI is InChI=1S/C21H22N6O6S/c1-4-33-16-10-5-7-12(23-16)19-25-18-20(24-13(21(28)26-18)11-22-34(29)30)27(19)17-14(31-2)8-6-9-15(17)32-3/h5-10,22H,4,11H2,1-3H3,(H,26,28)(H,29,30)/p-1. The van der Waals surface area contributed by atoms with Gasteiger partial charge in [-0.1, -0.05) is 12.1 Å². The molecule has 0 saturated carbocycles. The average Bonchev–Trinajstić information content (AvgIpc) is 3.19. The molecule has 13 heteroatoms. The Labute approximate surface area is 196 Å². The Kier molecular flexibility index (Phi) is 6.86. The van der Waals surface area contributed by atoms with Crippen LogP contribution in [0.2, 0.25) is 0 Å². The molecule has 1 unspecified atom stereocenters. The third kappa shape index (κ3) is 4.48. The normalized spacial score (nSPS) is 12.0. The highest BCUT2D eigenvalue weighted by atomic mass is 32.2. The molecule has 0 amide bonds. The van der Waals surface area contributed by atoms with E-state index in [1.807, 2.05) is 6.92 Å². The van der Waals surface area contributed by atoms with Gasteiger partial charge in [0.15, 0.2) is 17.1 Å². The van der Waals surface area contributed by atoms with Crippen molar-refractivity contribution in [3.8, 4) is 34.6 Å². The van der Waals surface area contributed by atoms with Crippen molar-refractivity contribution in [1.29, 1.82) is 0 Å². The zero-order valence-corrected chi connectivity index (χ0v) is 19.3. The van der Waals surface area contributed by atoms with Crippen molar-refractivity contribution in [1.82, 2.24) is 29.2 Å². The summed E-state index contributed by atoms with van der Waals surface area (Å²) in [5.41, 5.74) is 0.703. The number of aromatic amines is 1. The highest BCUT2D eigenvalue weighted by molar-refractivity contribution is 7.77. The van der Waals surface area contributed by atoms with Crippen LogP contribution in [0.4, 0.5) is 0 Å². The molecule has 2 N–H and O–H groups in total.